The van der Waals surface area contributed by atoms with Crippen molar-refractivity contribution >= 4 is 35.2 Å². The van der Waals surface area contributed by atoms with Crippen LogP contribution in [0.15, 0.2) is 49.6 Å². The van der Waals surface area contributed by atoms with Crippen LogP contribution in [0.4, 0.5) is 5.69 Å². The average Bonchev–Trinajstić information content (AvgIpc) is 3.73. The minimum Gasteiger partial charge on any atom is -0.494 e. The highest BCUT2D eigenvalue weighted by molar-refractivity contribution is 8.02. The first kappa shape index (κ1) is 35.4. The van der Waals surface area contributed by atoms with Crippen molar-refractivity contribution in [2.24, 2.45) is 11.8 Å². The summed E-state index contributed by atoms with van der Waals surface area (Å²) >= 11 is 1.71. The molecule has 11 heteroatoms. The molecule has 1 aromatic rings. The lowest BCUT2D eigenvalue weighted by molar-refractivity contribution is -0.142. The zero-order valence-electron chi connectivity index (χ0n) is 27.9. The molecule has 0 saturated carbocycles. The van der Waals surface area contributed by atoms with Crippen molar-refractivity contribution < 1.29 is 29.0 Å². The van der Waals surface area contributed by atoms with E-state index in [0.29, 0.717) is 46.0 Å². The number of nitrogens with zero attached hydrogens (tertiary/aromatic N) is 4. The molecule has 10 nitrogen and oxygen atoms in total. The van der Waals surface area contributed by atoms with Gasteiger partial charge in [-0.2, -0.15) is 0 Å². The first-order valence-electron chi connectivity index (χ1n) is 17.3. The van der Waals surface area contributed by atoms with Crippen LogP contribution in [0.25, 0.3) is 0 Å². The number of unbranched alkanes of at least 4 members (excludes halogenated alkanes) is 3. The number of thioether (sulfide) groups is 1. The Hall–Kier alpha value is -2.86. The third-order valence-electron chi connectivity index (χ3n) is 10.1. The number of carbonyl (C=O) groups excluding carboxylic acids is 3. The van der Waals surface area contributed by atoms with Crippen LogP contribution in [0.5, 0.6) is 5.75 Å². The molecule has 2 bridgehead atoms. The maximum atomic E-state index is 14.7. The Labute approximate surface area is 284 Å². The van der Waals surface area contributed by atoms with Crippen LogP contribution >= 0.6 is 11.8 Å². The summed E-state index contributed by atoms with van der Waals surface area (Å²) in [6.07, 6.45) is 8.19. The van der Waals surface area contributed by atoms with Gasteiger partial charge in [0.05, 0.1) is 36.4 Å². The molecule has 4 saturated heterocycles. The van der Waals surface area contributed by atoms with Gasteiger partial charge in [0.1, 0.15) is 11.8 Å². The predicted octanol–water partition coefficient (Wildman–Crippen LogP) is 3.60. The number of carbonyl (C=O) groups is 3. The quantitative estimate of drug-likeness (QED) is 0.187. The van der Waals surface area contributed by atoms with Crippen molar-refractivity contribution in [3.63, 3.8) is 0 Å². The summed E-state index contributed by atoms with van der Waals surface area (Å²) in [7, 11) is 0. The summed E-state index contributed by atoms with van der Waals surface area (Å²) in [4.78, 5) is 51.6. The maximum absolute atomic E-state index is 14.7. The molecular formula is C36H52N4O6S. The van der Waals surface area contributed by atoms with Gasteiger partial charge in [-0.25, -0.2) is 0 Å². The number of likely N-dealkylation sites (tertiary alicyclic amines) is 1. The lowest BCUT2D eigenvalue weighted by atomic mass is 9.70. The standard InChI is InChI=1S/C36H52N4O6S/c1-4-17-38(21-20-37-22-25-45-26-23-37)35(44)32-36-16-15-29(47-36)30(31(36)34(43)40(32)19-9-7-8-10-24-41)33(42)39(18-5-2)27-11-13-28(14-12-27)46-6-3/h4-5,11-14,29-32,41H,1-2,6-10,15-26H2,3H3/t29-,30+,31+,32?,36?/m1/s1. The van der Waals surface area contributed by atoms with Gasteiger partial charge in [0.15, 0.2) is 0 Å². The van der Waals surface area contributed by atoms with Gasteiger partial charge in [-0.3, -0.25) is 19.3 Å². The summed E-state index contributed by atoms with van der Waals surface area (Å²) in [6, 6.07) is 6.85. The Balaban J connectivity index is 1.43. The zero-order chi connectivity index (χ0) is 33.4. The molecular weight excluding hydrogens is 616 g/mol. The number of morpholine rings is 1. The van der Waals surface area contributed by atoms with E-state index in [1.165, 1.54) is 0 Å². The van der Waals surface area contributed by atoms with Crippen molar-refractivity contribution in [1.82, 2.24) is 14.7 Å². The highest BCUT2D eigenvalue weighted by Crippen LogP contribution is 2.66. The number of benzene rings is 1. The molecule has 0 aliphatic carbocycles. The van der Waals surface area contributed by atoms with E-state index < -0.39 is 22.6 Å². The number of aliphatic hydroxyl groups excluding tert-OH is 1. The number of hydrogen-bond donors (Lipinski definition) is 1. The van der Waals surface area contributed by atoms with Gasteiger partial charge >= 0.3 is 0 Å². The summed E-state index contributed by atoms with van der Waals surface area (Å²) in [5, 5.41) is 9.24. The van der Waals surface area contributed by atoms with Crippen molar-refractivity contribution in [3.05, 3.63) is 49.6 Å². The Morgan fingerprint density at radius 3 is 2.47 bits per heavy atom. The Bertz CT molecular complexity index is 1260. The van der Waals surface area contributed by atoms with Crippen LogP contribution in [0.3, 0.4) is 0 Å². The van der Waals surface area contributed by atoms with E-state index in [4.69, 9.17) is 9.47 Å². The molecule has 1 spiro atoms. The first-order chi connectivity index (χ1) is 22.9. The number of fused-ring (bicyclic) bond motifs is 1. The fourth-order valence-corrected chi connectivity index (χ4v) is 10.1. The molecule has 2 unspecified atom stereocenters. The smallest absolute Gasteiger partial charge is 0.247 e. The van der Waals surface area contributed by atoms with Crippen LogP contribution in [-0.4, -0.2) is 126 Å². The Morgan fingerprint density at radius 1 is 1.06 bits per heavy atom. The molecule has 258 valence electrons. The summed E-state index contributed by atoms with van der Waals surface area (Å²) in [5.74, 6) is -0.557. The fraction of sp³-hybridized carbons (Fsp3) is 0.639. The van der Waals surface area contributed by atoms with E-state index in [9.17, 15) is 19.5 Å². The molecule has 5 rings (SSSR count). The van der Waals surface area contributed by atoms with Crippen LogP contribution in [-0.2, 0) is 19.1 Å². The molecule has 4 aliphatic heterocycles. The van der Waals surface area contributed by atoms with E-state index in [1.54, 1.807) is 28.8 Å². The summed E-state index contributed by atoms with van der Waals surface area (Å²) in [5.41, 5.74) is 0.735. The molecule has 0 radical (unpaired) electrons. The molecule has 4 fully saturated rings. The van der Waals surface area contributed by atoms with Crippen molar-refractivity contribution in [1.29, 1.82) is 0 Å². The Morgan fingerprint density at radius 2 is 1.79 bits per heavy atom. The number of anilines is 1. The van der Waals surface area contributed by atoms with Gasteiger partial charge in [0, 0.05) is 63.4 Å². The largest absolute Gasteiger partial charge is 0.494 e. The third kappa shape index (κ3) is 7.43. The van der Waals surface area contributed by atoms with Gasteiger partial charge in [0.2, 0.25) is 17.7 Å². The number of ether oxygens (including phenoxy) is 2. The molecule has 3 amide bonds. The highest BCUT2D eigenvalue weighted by atomic mass is 32.2. The summed E-state index contributed by atoms with van der Waals surface area (Å²) < 4.78 is 10.5. The molecule has 1 N–H and O–H groups in total. The van der Waals surface area contributed by atoms with Crippen LogP contribution < -0.4 is 9.64 Å². The lowest BCUT2D eigenvalue weighted by Gasteiger charge is -2.38. The van der Waals surface area contributed by atoms with Gasteiger partial charge in [-0.1, -0.05) is 25.0 Å². The Kier molecular flexibility index (Phi) is 12.4. The topological polar surface area (TPSA) is 103 Å². The number of amides is 3. The van der Waals surface area contributed by atoms with E-state index in [-0.39, 0.29) is 29.6 Å². The van der Waals surface area contributed by atoms with E-state index in [1.807, 2.05) is 41.0 Å². The summed E-state index contributed by atoms with van der Waals surface area (Å²) in [6.45, 7) is 16.0. The molecule has 47 heavy (non-hydrogen) atoms. The SMILES string of the molecule is C=CCN(CCN1CCOCC1)C(=O)C1N(CCCCCCO)C(=O)[C@@H]2[C@@H](C(=O)N(CC=C)c3ccc(OCC)cc3)[C@H]3CCC12S3. The number of rotatable bonds is 18. The third-order valence-corrected chi connectivity index (χ3v) is 12.1. The minimum absolute atomic E-state index is 0.0327. The van der Waals surface area contributed by atoms with E-state index >= 15 is 0 Å². The van der Waals surface area contributed by atoms with Crippen molar-refractivity contribution in [3.8, 4) is 5.75 Å². The second-order valence-electron chi connectivity index (χ2n) is 12.9. The van der Waals surface area contributed by atoms with Gasteiger partial charge < -0.3 is 29.3 Å². The minimum atomic E-state index is -0.651. The number of aliphatic hydroxyl groups is 1. The van der Waals surface area contributed by atoms with Crippen molar-refractivity contribution in [2.45, 2.75) is 61.5 Å². The number of hydrogen-bond acceptors (Lipinski definition) is 8. The second kappa shape index (κ2) is 16.5. The molecule has 1 aromatic carbocycles. The highest BCUT2D eigenvalue weighted by Gasteiger charge is 2.74. The monoisotopic (exact) mass is 668 g/mol. The zero-order valence-corrected chi connectivity index (χ0v) is 28.7. The van der Waals surface area contributed by atoms with E-state index in [2.05, 4.69) is 18.1 Å². The van der Waals surface area contributed by atoms with Gasteiger partial charge in [-0.15, -0.1) is 24.9 Å². The van der Waals surface area contributed by atoms with Gasteiger partial charge in [0.25, 0.3) is 0 Å². The fourth-order valence-electron chi connectivity index (χ4n) is 7.93. The predicted molar refractivity (Wildman–Crippen MR) is 186 cm³/mol. The average molecular weight is 669 g/mol. The second-order valence-corrected chi connectivity index (χ2v) is 14.5. The van der Waals surface area contributed by atoms with Crippen LogP contribution in [0.1, 0.15) is 45.4 Å². The molecule has 4 heterocycles. The maximum Gasteiger partial charge on any atom is 0.247 e. The normalized spacial score (nSPS) is 26.7. The van der Waals surface area contributed by atoms with Crippen molar-refractivity contribution in [2.75, 3.05) is 77.1 Å². The first-order valence-corrected chi connectivity index (χ1v) is 18.2. The molecule has 4 aliphatic rings. The van der Waals surface area contributed by atoms with Crippen LogP contribution in [0.2, 0.25) is 0 Å². The van der Waals surface area contributed by atoms with E-state index in [0.717, 1.165) is 69.6 Å². The van der Waals surface area contributed by atoms with Crippen LogP contribution in [0, 0.1) is 11.8 Å². The molecule has 0 aromatic heterocycles. The van der Waals surface area contributed by atoms with Gasteiger partial charge in [-0.05, 0) is 56.9 Å². The molecule has 5 atom stereocenters. The lowest BCUT2D eigenvalue weighted by Crippen LogP contribution is -2.56.